The molecule has 2 N–H and O–H groups in total. The van der Waals surface area contributed by atoms with Gasteiger partial charge in [0.2, 0.25) is 0 Å². The molecule has 0 fully saturated rings. The molecule has 0 spiro atoms. The molecule has 106 valence electrons. The second-order valence-corrected chi connectivity index (χ2v) is 6.51. The van der Waals surface area contributed by atoms with Gasteiger partial charge < -0.3 is 5.73 Å². The molecule has 3 rings (SSSR count). The molecule has 6 heteroatoms. The number of nitrogens with two attached hydrogens (primary N) is 1. The van der Waals surface area contributed by atoms with E-state index in [4.69, 9.17) is 5.73 Å². The fourth-order valence-electron chi connectivity index (χ4n) is 2.27. The van der Waals surface area contributed by atoms with Gasteiger partial charge in [0.1, 0.15) is 0 Å². The standard InChI is InChI=1S/C15H10Br2N2O2/c16-9-2-4-11-12(5-9)15(21)19(14(11)20)7-8-1-3-10(18)6-13(8)17/h1-6H,7,18H2. The fourth-order valence-corrected chi connectivity index (χ4v) is 3.15. The minimum absolute atomic E-state index is 0.213. The Kier molecular flexibility index (Phi) is 3.59. The topological polar surface area (TPSA) is 63.4 Å². The van der Waals surface area contributed by atoms with E-state index in [0.717, 1.165) is 14.5 Å². The van der Waals surface area contributed by atoms with Crippen LogP contribution in [-0.4, -0.2) is 16.7 Å². The third kappa shape index (κ3) is 2.49. The van der Waals surface area contributed by atoms with Crippen LogP contribution >= 0.6 is 31.9 Å². The predicted octanol–water partition coefficient (Wildman–Crippen LogP) is 3.59. The number of fused-ring (bicyclic) bond motifs is 1. The van der Waals surface area contributed by atoms with E-state index in [1.54, 1.807) is 36.4 Å². The van der Waals surface area contributed by atoms with Crippen molar-refractivity contribution < 1.29 is 9.59 Å². The van der Waals surface area contributed by atoms with Gasteiger partial charge in [0, 0.05) is 14.6 Å². The number of hydrogen-bond donors (Lipinski definition) is 1. The first-order chi connectivity index (χ1) is 9.97. The number of amides is 2. The lowest BCUT2D eigenvalue weighted by Gasteiger charge is -2.15. The number of imide groups is 1. The first kappa shape index (κ1) is 14.3. The molecule has 1 aliphatic rings. The van der Waals surface area contributed by atoms with Crippen LogP contribution in [0.2, 0.25) is 0 Å². The minimum Gasteiger partial charge on any atom is -0.399 e. The molecular formula is C15H10Br2N2O2. The van der Waals surface area contributed by atoms with Gasteiger partial charge in [-0.05, 0) is 35.9 Å². The molecule has 2 aromatic rings. The summed E-state index contributed by atoms with van der Waals surface area (Å²) in [6.45, 7) is 0.213. The molecule has 0 aromatic heterocycles. The zero-order chi connectivity index (χ0) is 15.1. The fraction of sp³-hybridized carbons (Fsp3) is 0.0667. The summed E-state index contributed by atoms with van der Waals surface area (Å²) in [5.74, 6) is -0.550. The van der Waals surface area contributed by atoms with Crippen LogP contribution in [0.1, 0.15) is 26.3 Å². The van der Waals surface area contributed by atoms with Crippen molar-refractivity contribution >= 4 is 49.4 Å². The maximum Gasteiger partial charge on any atom is 0.261 e. The number of benzene rings is 2. The molecule has 0 bridgehead atoms. The second kappa shape index (κ2) is 5.27. The van der Waals surface area contributed by atoms with Crippen LogP contribution in [0.25, 0.3) is 0 Å². The van der Waals surface area contributed by atoms with Gasteiger partial charge in [0.15, 0.2) is 0 Å². The molecule has 0 aliphatic carbocycles. The van der Waals surface area contributed by atoms with E-state index in [2.05, 4.69) is 31.9 Å². The Bertz CT molecular complexity index is 774. The van der Waals surface area contributed by atoms with Crippen LogP contribution in [0.4, 0.5) is 5.69 Å². The van der Waals surface area contributed by atoms with Gasteiger partial charge in [-0.2, -0.15) is 0 Å². The lowest BCUT2D eigenvalue weighted by molar-refractivity contribution is 0.0642. The molecule has 0 saturated heterocycles. The van der Waals surface area contributed by atoms with Gasteiger partial charge in [-0.3, -0.25) is 14.5 Å². The monoisotopic (exact) mass is 408 g/mol. The molecule has 2 aromatic carbocycles. The number of carbonyl (C=O) groups excluding carboxylic acids is 2. The third-order valence-electron chi connectivity index (χ3n) is 3.34. The van der Waals surface area contributed by atoms with Crippen LogP contribution in [-0.2, 0) is 6.54 Å². The summed E-state index contributed by atoms with van der Waals surface area (Å²) in [5, 5.41) is 0. The predicted molar refractivity (Wildman–Crippen MR) is 86.9 cm³/mol. The van der Waals surface area contributed by atoms with Crippen molar-refractivity contribution in [2.45, 2.75) is 6.54 Å². The van der Waals surface area contributed by atoms with Crippen LogP contribution in [0.5, 0.6) is 0 Å². The summed E-state index contributed by atoms with van der Waals surface area (Å²) in [6.07, 6.45) is 0. The van der Waals surface area contributed by atoms with E-state index >= 15 is 0 Å². The summed E-state index contributed by atoms with van der Waals surface area (Å²) in [7, 11) is 0. The number of nitrogens with zero attached hydrogens (tertiary/aromatic N) is 1. The van der Waals surface area contributed by atoms with Gasteiger partial charge in [-0.15, -0.1) is 0 Å². The SMILES string of the molecule is Nc1ccc(CN2C(=O)c3ccc(Br)cc3C2=O)c(Br)c1. The van der Waals surface area contributed by atoms with E-state index in [1.165, 1.54) is 4.90 Å². The summed E-state index contributed by atoms with van der Waals surface area (Å²) < 4.78 is 1.55. The van der Waals surface area contributed by atoms with Crippen LogP contribution < -0.4 is 5.73 Å². The first-order valence-corrected chi connectivity index (χ1v) is 7.75. The Morgan fingerprint density at radius 3 is 2.38 bits per heavy atom. The number of nitrogen functional groups attached to an aromatic ring is 1. The van der Waals surface area contributed by atoms with Crippen molar-refractivity contribution in [3.05, 3.63) is 62.0 Å². The normalized spacial score (nSPS) is 13.7. The molecular weight excluding hydrogens is 400 g/mol. The van der Waals surface area contributed by atoms with Crippen molar-refractivity contribution in [1.82, 2.24) is 4.90 Å². The molecule has 0 unspecified atom stereocenters. The minimum atomic E-state index is -0.278. The van der Waals surface area contributed by atoms with Gasteiger partial charge >= 0.3 is 0 Å². The van der Waals surface area contributed by atoms with Gasteiger partial charge in [0.25, 0.3) is 11.8 Å². The average Bonchev–Trinajstić information content (AvgIpc) is 2.66. The number of hydrogen-bond acceptors (Lipinski definition) is 3. The van der Waals surface area contributed by atoms with E-state index < -0.39 is 0 Å². The zero-order valence-electron chi connectivity index (χ0n) is 10.8. The second-order valence-electron chi connectivity index (χ2n) is 4.74. The molecule has 0 radical (unpaired) electrons. The Morgan fingerprint density at radius 1 is 0.952 bits per heavy atom. The van der Waals surface area contributed by atoms with Gasteiger partial charge in [-0.25, -0.2) is 0 Å². The van der Waals surface area contributed by atoms with Crippen molar-refractivity contribution in [2.24, 2.45) is 0 Å². The average molecular weight is 410 g/mol. The Balaban J connectivity index is 1.95. The Labute approximate surface area is 138 Å². The summed E-state index contributed by atoms with van der Waals surface area (Å²) >= 11 is 6.72. The highest BCUT2D eigenvalue weighted by Gasteiger charge is 2.35. The Morgan fingerprint density at radius 2 is 1.67 bits per heavy atom. The van der Waals surface area contributed by atoms with Crippen LogP contribution in [0, 0.1) is 0 Å². The van der Waals surface area contributed by atoms with Gasteiger partial charge in [0.05, 0.1) is 17.7 Å². The van der Waals surface area contributed by atoms with Crippen molar-refractivity contribution in [3.63, 3.8) is 0 Å². The third-order valence-corrected chi connectivity index (χ3v) is 4.57. The zero-order valence-corrected chi connectivity index (χ0v) is 13.9. The highest BCUT2D eigenvalue weighted by molar-refractivity contribution is 9.10. The van der Waals surface area contributed by atoms with Crippen LogP contribution in [0.15, 0.2) is 45.3 Å². The van der Waals surface area contributed by atoms with E-state index in [9.17, 15) is 9.59 Å². The molecule has 2 amide bonds. The maximum absolute atomic E-state index is 12.4. The smallest absolute Gasteiger partial charge is 0.261 e. The number of anilines is 1. The van der Waals surface area contributed by atoms with Crippen LogP contribution in [0.3, 0.4) is 0 Å². The molecule has 0 atom stereocenters. The van der Waals surface area contributed by atoms with Gasteiger partial charge in [-0.1, -0.05) is 37.9 Å². The van der Waals surface area contributed by atoms with E-state index in [0.29, 0.717) is 16.8 Å². The lowest BCUT2D eigenvalue weighted by atomic mass is 10.1. The molecule has 1 heterocycles. The van der Waals surface area contributed by atoms with Crippen molar-refractivity contribution in [1.29, 1.82) is 0 Å². The highest BCUT2D eigenvalue weighted by Crippen LogP contribution is 2.29. The quantitative estimate of drug-likeness (QED) is 0.608. The van der Waals surface area contributed by atoms with E-state index in [1.807, 2.05) is 0 Å². The summed E-state index contributed by atoms with van der Waals surface area (Å²) in [6, 6.07) is 10.4. The van der Waals surface area contributed by atoms with E-state index in [-0.39, 0.29) is 18.4 Å². The number of rotatable bonds is 2. The largest absolute Gasteiger partial charge is 0.399 e. The highest BCUT2D eigenvalue weighted by atomic mass is 79.9. The maximum atomic E-state index is 12.4. The van der Waals surface area contributed by atoms with Crippen molar-refractivity contribution in [2.75, 3.05) is 5.73 Å². The molecule has 1 aliphatic heterocycles. The number of carbonyl (C=O) groups is 2. The molecule has 21 heavy (non-hydrogen) atoms. The summed E-state index contributed by atoms with van der Waals surface area (Å²) in [4.78, 5) is 26.0. The molecule has 0 saturated carbocycles. The van der Waals surface area contributed by atoms with Crippen molar-refractivity contribution in [3.8, 4) is 0 Å². The molecule has 4 nitrogen and oxygen atoms in total. The Hall–Kier alpha value is -1.66. The lowest BCUT2D eigenvalue weighted by Crippen LogP contribution is -2.29. The number of halogens is 2. The first-order valence-electron chi connectivity index (χ1n) is 6.17. The summed E-state index contributed by atoms with van der Waals surface area (Å²) in [5.41, 5.74) is 8.02.